The summed E-state index contributed by atoms with van der Waals surface area (Å²) in [5.74, 6) is 1.04. The number of benzene rings is 2. The Kier molecular flexibility index (Phi) is 4.43. The number of amides is 1. The van der Waals surface area contributed by atoms with Crippen molar-refractivity contribution in [2.24, 2.45) is 0 Å². The Bertz CT molecular complexity index is 1000. The van der Waals surface area contributed by atoms with Gasteiger partial charge in [0.15, 0.2) is 11.5 Å². The van der Waals surface area contributed by atoms with Gasteiger partial charge in [0.2, 0.25) is 16.8 Å². The summed E-state index contributed by atoms with van der Waals surface area (Å²) in [6.45, 7) is 2.45. The molecule has 1 amide bonds. The van der Waals surface area contributed by atoms with Gasteiger partial charge in [0.05, 0.1) is 11.4 Å². The van der Waals surface area contributed by atoms with Crippen molar-refractivity contribution < 1.29 is 22.7 Å². The van der Waals surface area contributed by atoms with Crippen LogP contribution in [0.5, 0.6) is 11.5 Å². The third-order valence-corrected chi connectivity index (χ3v) is 6.58. The number of hydrogen-bond acceptors (Lipinski definition) is 5. The van der Waals surface area contributed by atoms with E-state index < -0.39 is 10.0 Å². The van der Waals surface area contributed by atoms with E-state index in [-0.39, 0.29) is 18.5 Å². The maximum Gasteiger partial charge on any atom is 0.255 e. The molecular weight excluding hydrogens is 368 g/mol. The Morgan fingerprint density at radius 2 is 1.89 bits per heavy atom. The molecule has 2 aromatic rings. The van der Waals surface area contributed by atoms with Crippen LogP contribution in [0, 0.1) is 6.92 Å². The number of hydrogen-bond donors (Lipinski definition) is 1. The van der Waals surface area contributed by atoms with Crippen molar-refractivity contribution in [3.63, 3.8) is 0 Å². The van der Waals surface area contributed by atoms with E-state index in [1.165, 1.54) is 4.31 Å². The number of nitrogens with one attached hydrogen (secondary N) is 1. The number of aryl methyl sites for hydroxylation is 1. The number of carbonyl (C=O) groups is 1. The van der Waals surface area contributed by atoms with Crippen molar-refractivity contribution in [3.8, 4) is 11.5 Å². The molecule has 1 fully saturated rings. The number of nitrogens with zero attached hydrogens (tertiary/aromatic N) is 1. The second kappa shape index (κ2) is 6.77. The molecule has 0 aliphatic carbocycles. The highest BCUT2D eigenvalue weighted by molar-refractivity contribution is 7.92. The molecular formula is C19H20N2O5S. The zero-order valence-corrected chi connectivity index (χ0v) is 15.7. The molecule has 0 saturated carbocycles. The maximum absolute atomic E-state index is 12.7. The van der Waals surface area contributed by atoms with Gasteiger partial charge in [-0.2, -0.15) is 0 Å². The lowest BCUT2D eigenvalue weighted by Crippen LogP contribution is -2.38. The Morgan fingerprint density at radius 3 is 2.70 bits per heavy atom. The molecule has 0 spiro atoms. The van der Waals surface area contributed by atoms with Gasteiger partial charge >= 0.3 is 0 Å². The summed E-state index contributed by atoms with van der Waals surface area (Å²) in [6, 6.07) is 10.3. The standard InChI is InChI=1S/C19H20N2O5S/c1-13-4-5-14(10-16(13)21-8-2-3-9-27(21,23)24)19(22)20-15-6-7-17-18(11-15)26-12-25-17/h4-7,10-11H,2-3,8-9,12H2,1H3,(H,20,22). The van der Waals surface area contributed by atoms with Crippen LogP contribution in [0.3, 0.4) is 0 Å². The van der Waals surface area contributed by atoms with E-state index in [4.69, 9.17) is 9.47 Å². The van der Waals surface area contributed by atoms with Crippen molar-refractivity contribution in [1.82, 2.24) is 0 Å². The second-order valence-electron chi connectivity index (χ2n) is 6.62. The summed E-state index contributed by atoms with van der Waals surface area (Å²) >= 11 is 0. The van der Waals surface area contributed by atoms with Crippen LogP contribution >= 0.6 is 0 Å². The van der Waals surface area contributed by atoms with Crippen molar-refractivity contribution in [1.29, 1.82) is 0 Å². The summed E-state index contributed by atoms with van der Waals surface area (Å²) in [5.41, 5.74) is 2.36. The van der Waals surface area contributed by atoms with Crippen molar-refractivity contribution in [2.75, 3.05) is 28.7 Å². The first kappa shape index (κ1) is 17.7. The highest BCUT2D eigenvalue weighted by atomic mass is 32.2. The van der Waals surface area contributed by atoms with Gasteiger partial charge in [-0.25, -0.2) is 8.42 Å². The molecule has 2 aliphatic rings. The first-order valence-electron chi connectivity index (χ1n) is 8.76. The van der Waals surface area contributed by atoms with E-state index in [2.05, 4.69) is 5.32 Å². The van der Waals surface area contributed by atoms with E-state index >= 15 is 0 Å². The fourth-order valence-electron chi connectivity index (χ4n) is 3.26. The van der Waals surface area contributed by atoms with Crippen LogP contribution in [-0.4, -0.2) is 33.4 Å². The maximum atomic E-state index is 12.7. The molecule has 7 nitrogen and oxygen atoms in total. The minimum absolute atomic E-state index is 0.139. The van der Waals surface area contributed by atoms with Crippen molar-refractivity contribution in [3.05, 3.63) is 47.5 Å². The third kappa shape index (κ3) is 3.44. The average molecular weight is 388 g/mol. The topological polar surface area (TPSA) is 84.9 Å². The van der Waals surface area contributed by atoms with Crippen LogP contribution in [0.15, 0.2) is 36.4 Å². The molecule has 2 aliphatic heterocycles. The number of sulfonamides is 1. The summed E-state index contributed by atoms with van der Waals surface area (Å²) in [7, 11) is -3.34. The molecule has 4 rings (SSSR count). The Balaban J connectivity index is 1.59. The minimum Gasteiger partial charge on any atom is -0.454 e. The summed E-state index contributed by atoms with van der Waals surface area (Å²) in [6.07, 6.45) is 1.48. The van der Waals surface area contributed by atoms with Gasteiger partial charge in [-0.15, -0.1) is 0 Å². The first-order valence-corrected chi connectivity index (χ1v) is 10.4. The fourth-order valence-corrected chi connectivity index (χ4v) is 4.95. The number of carbonyl (C=O) groups excluding carboxylic acids is 1. The molecule has 0 bridgehead atoms. The lowest BCUT2D eigenvalue weighted by molar-refractivity contribution is 0.102. The quantitative estimate of drug-likeness (QED) is 0.874. The average Bonchev–Trinajstić information content (AvgIpc) is 3.10. The van der Waals surface area contributed by atoms with Gasteiger partial charge < -0.3 is 14.8 Å². The summed E-state index contributed by atoms with van der Waals surface area (Å²) in [4.78, 5) is 12.7. The highest BCUT2D eigenvalue weighted by Crippen LogP contribution is 2.34. The summed E-state index contributed by atoms with van der Waals surface area (Å²) in [5, 5.41) is 2.82. The summed E-state index contributed by atoms with van der Waals surface area (Å²) < 4.78 is 36.8. The molecule has 0 atom stereocenters. The molecule has 0 radical (unpaired) electrons. The Labute approximate surface area is 157 Å². The lowest BCUT2D eigenvalue weighted by atomic mass is 10.1. The molecule has 1 saturated heterocycles. The smallest absolute Gasteiger partial charge is 0.255 e. The third-order valence-electron chi connectivity index (χ3n) is 4.72. The second-order valence-corrected chi connectivity index (χ2v) is 8.63. The van der Waals surface area contributed by atoms with Crippen LogP contribution in [0.2, 0.25) is 0 Å². The number of ether oxygens (including phenoxy) is 2. The zero-order chi connectivity index (χ0) is 19.0. The predicted octanol–water partition coefficient (Wildman–Crippen LogP) is 2.91. The largest absolute Gasteiger partial charge is 0.454 e. The zero-order valence-electron chi connectivity index (χ0n) is 14.9. The van der Waals surface area contributed by atoms with Crippen LogP contribution in [0.25, 0.3) is 0 Å². The molecule has 8 heteroatoms. The molecule has 2 aromatic carbocycles. The molecule has 142 valence electrons. The van der Waals surface area contributed by atoms with Gasteiger partial charge in [0.25, 0.3) is 5.91 Å². The number of anilines is 2. The van der Waals surface area contributed by atoms with Gasteiger partial charge in [-0.05, 0) is 49.6 Å². The normalized spacial score (nSPS) is 17.6. The van der Waals surface area contributed by atoms with Gasteiger partial charge in [-0.3, -0.25) is 9.10 Å². The van der Waals surface area contributed by atoms with E-state index in [1.807, 2.05) is 6.92 Å². The minimum atomic E-state index is -3.34. The first-order chi connectivity index (χ1) is 12.9. The van der Waals surface area contributed by atoms with E-state index in [1.54, 1.807) is 36.4 Å². The lowest BCUT2D eigenvalue weighted by Gasteiger charge is -2.29. The van der Waals surface area contributed by atoms with Crippen molar-refractivity contribution in [2.45, 2.75) is 19.8 Å². The van der Waals surface area contributed by atoms with Crippen LogP contribution in [-0.2, 0) is 10.0 Å². The van der Waals surface area contributed by atoms with Crippen LogP contribution in [0.4, 0.5) is 11.4 Å². The number of fused-ring (bicyclic) bond motifs is 1. The molecule has 27 heavy (non-hydrogen) atoms. The van der Waals surface area contributed by atoms with Gasteiger partial charge in [0, 0.05) is 23.9 Å². The highest BCUT2D eigenvalue weighted by Gasteiger charge is 2.27. The molecule has 0 unspecified atom stereocenters. The van der Waals surface area contributed by atoms with E-state index in [9.17, 15) is 13.2 Å². The Morgan fingerprint density at radius 1 is 1.07 bits per heavy atom. The Hall–Kier alpha value is -2.74. The molecule has 2 heterocycles. The van der Waals surface area contributed by atoms with E-state index in [0.29, 0.717) is 41.4 Å². The molecule has 1 N–H and O–H groups in total. The van der Waals surface area contributed by atoms with E-state index in [0.717, 1.165) is 12.0 Å². The van der Waals surface area contributed by atoms with Gasteiger partial charge in [-0.1, -0.05) is 6.07 Å². The van der Waals surface area contributed by atoms with Crippen molar-refractivity contribution >= 4 is 27.3 Å². The van der Waals surface area contributed by atoms with Crippen LogP contribution in [0.1, 0.15) is 28.8 Å². The van der Waals surface area contributed by atoms with Crippen LogP contribution < -0.4 is 19.1 Å². The predicted molar refractivity (Wildman–Crippen MR) is 102 cm³/mol. The van der Waals surface area contributed by atoms with Gasteiger partial charge in [0.1, 0.15) is 0 Å². The monoisotopic (exact) mass is 388 g/mol. The fraction of sp³-hybridized carbons (Fsp3) is 0.316. The molecule has 0 aromatic heterocycles. The number of rotatable bonds is 3. The SMILES string of the molecule is Cc1ccc(C(=O)Nc2ccc3c(c2)OCO3)cc1N1CCCCS1(=O)=O.